The summed E-state index contributed by atoms with van der Waals surface area (Å²) in [7, 11) is 0. The van der Waals surface area contributed by atoms with Gasteiger partial charge < -0.3 is 14.6 Å². The Kier molecular flexibility index (Phi) is 5.16. The summed E-state index contributed by atoms with van der Waals surface area (Å²) in [5.74, 6) is 0.801. The largest absolute Gasteiger partial charge is 0.457 e. The number of para-hydroxylation sites is 1. The number of hydrogen-bond donors (Lipinski definition) is 1. The zero-order valence-corrected chi connectivity index (χ0v) is 15.4. The van der Waals surface area contributed by atoms with Crippen LogP contribution in [0.25, 0.3) is 5.69 Å². The Balaban J connectivity index is 1.58. The molecule has 0 bridgehead atoms. The molecule has 0 radical (unpaired) electrons. The molecular weight excluding hydrogens is 366 g/mol. The third kappa shape index (κ3) is 4.22. The molecule has 2 aromatic carbocycles. The fourth-order valence-electron chi connectivity index (χ4n) is 2.83. The zero-order chi connectivity index (χ0) is 20.1. The van der Waals surface area contributed by atoms with Gasteiger partial charge in [-0.15, -0.1) is 0 Å². The Morgan fingerprint density at radius 2 is 1.72 bits per heavy atom. The van der Waals surface area contributed by atoms with Gasteiger partial charge in [-0.3, -0.25) is 14.6 Å². The van der Waals surface area contributed by atoms with E-state index in [0.717, 1.165) is 5.69 Å². The van der Waals surface area contributed by atoms with Crippen LogP contribution in [0.5, 0.6) is 11.5 Å². The molecule has 2 aromatic heterocycles. The molecule has 1 amide bonds. The van der Waals surface area contributed by atoms with Crippen molar-refractivity contribution in [1.29, 1.82) is 0 Å². The lowest BCUT2D eigenvalue weighted by molar-refractivity contribution is 0.102. The minimum atomic E-state index is -0.369. The number of carbonyl (C=O) groups excluding carboxylic acids is 2. The van der Waals surface area contributed by atoms with Gasteiger partial charge in [0.1, 0.15) is 11.5 Å². The number of pyridine rings is 1. The highest BCUT2D eigenvalue weighted by molar-refractivity contribution is 6.06. The van der Waals surface area contributed by atoms with Crippen LogP contribution in [0.15, 0.2) is 91.5 Å². The van der Waals surface area contributed by atoms with Gasteiger partial charge in [-0.1, -0.05) is 18.2 Å². The second-order valence-corrected chi connectivity index (χ2v) is 6.26. The second kappa shape index (κ2) is 8.22. The topological polar surface area (TPSA) is 73.2 Å². The van der Waals surface area contributed by atoms with E-state index in [1.807, 2.05) is 59.4 Å². The predicted octanol–water partition coefficient (Wildman–Crippen LogP) is 4.73. The van der Waals surface area contributed by atoms with Crippen molar-refractivity contribution in [2.45, 2.75) is 0 Å². The van der Waals surface area contributed by atoms with Gasteiger partial charge in [0, 0.05) is 30.2 Å². The fourth-order valence-corrected chi connectivity index (χ4v) is 2.83. The number of aldehydes is 1. The highest BCUT2D eigenvalue weighted by Gasteiger charge is 2.12. The molecule has 142 valence electrons. The van der Waals surface area contributed by atoms with Crippen molar-refractivity contribution >= 4 is 17.9 Å². The van der Waals surface area contributed by atoms with Gasteiger partial charge in [0.05, 0.1) is 23.1 Å². The molecule has 0 saturated heterocycles. The maximum absolute atomic E-state index is 12.8. The molecule has 4 rings (SSSR count). The number of aromatic nitrogens is 2. The summed E-state index contributed by atoms with van der Waals surface area (Å²) in [4.78, 5) is 28.3. The quantitative estimate of drug-likeness (QED) is 0.489. The first-order valence-corrected chi connectivity index (χ1v) is 8.95. The van der Waals surface area contributed by atoms with Gasteiger partial charge >= 0.3 is 0 Å². The monoisotopic (exact) mass is 383 g/mol. The summed E-state index contributed by atoms with van der Waals surface area (Å²) >= 11 is 0. The van der Waals surface area contributed by atoms with Crippen LogP contribution in [-0.2, 0) is 0 Å². The maximum atomic E-state index is 12.8. The number of nitrogens with zero attached hydrogens (tertiary/aromatic N) is 2. The molecule has 2 heterocycles. The average Bonchev–Trinajstić information content (AvgIpc) is 3.30. The van der Waals surface area contributed by atoms with Crippen LogP contribution in [0.4, 0.5) is 5.69 Å². The summed E-state index contributed by atoms with van der Waals surface area (Å²) in [5, 5.41) is 2.78. The molecule has 0 fully saturated rings. The molecule has 0 atom stereocenters. The van der Waals surface area contributed by atoms with E-state index in [2.05, 4.69) is 10.3 Å². The van der Waals surface area contributed by atoms with E-state index in [1.54, 1.807) is 30.5 Å². The lowest BCUT2D eigenvalue weighted by Crippen LogP contribution is -2.14. The third-order valence-electron chi connectivity index (χ3n) is 4.27. The van der Waals surface area contributed by atoms with E-state index in [9.17, 15) is 9.59 Å². The molecule has 6 heteroatoms. The summed E-state index contributed by atoms with van der Waals surface area (Å²) in [6.07, 6.45) is 7.58. The number of rotatable bonds is 6. The van der Waals surface area contributed by atoms with Crippen LogP contribution in [0, 0.1) is 0 Å². The first-order chi connectivity index (χ1) is 14.2. The highest BCUT2D eigenvalue weighted by atomic mass is 16.5. The standard InChI is InChI=1S/C23H17N3O3/c27-16-17-8-9-21(29-20-6-2-1-3-7-20)13-22(17)25-23(28)18-12-19(15-24-14-18)26-10-4-5-11-26/h1-16H,(H,25,28). The maximum Gasteiger partial charge on any atom is 0.257 e. The Morgan fingerprint density at radius 1 is 0.931 bits per heavy atom. The van der Waals surface area contributed by atoms with E-state index in [-0.39, 0.29) is 5.91 Å². The smallest absolute Gasteiger partial charge is 0.257 e. The molecule has 0 saturated carbocycles. The number of anilines is 1. The second-order valence-electron chi connectivity index (χ2n) is 6.26. The van der Waals surface area contributed by atoms with Crippen molar-refractivity contribution in [3.8, 4) is 17.2 Å². The van der Waals surface area contributed by atoms with Gasteiger partial charge in [-0.05, 0) is 42.5 Å². The molecule has 29 heavy (non-hydrogen) atoms. The van der Waals surface area contributed by atoms with E-state index in [4.69, 9.17) is 4.74 Å². The zero-order valence-electron chi connectivity index (χ0n) is 15.4. The number of carbonyl (C=O) groups is 2. The number of nitrogens with one attached hydrogen (secondary N) is 1. The summed E-state index contributed by atoms with van der Waals surface area (Å²) in [5.41, 5.74) is 1.86. The highest BCUT2D eigenvalue weighted by Crippen LogP contribution is 2.26. The molecular formula is C23H17N3O3. The Morgan fingerprint density at radius 3 is 2.48 bits per heavy atom. The van der Waals surface area contributed by atoms with Gasteiger partial charge in [0.15, 0.2) is 6.29 Å². The van der Waals surface area contributed by atoms with Crippen molar-refractivity contribution < 1.29 is 14.3 Å². The van der Waals surface area contributed by atoms with E-state index in [1.165, 1.54) is 6.20 Å². The van der Waals surface area contributed by atoms with Crippen molar-refractivity contribution in [2.75, 3.05) is 5.32 Å². The molecule has 1 N–H and O–H groups in total. The van der Waals surface area contributed by atoms with Crippen molar-refractivity contribution in [3.63, 3.8) is 0 Å². The first-order valence-electron chi connectivity index (χ1n) is 8.95. The lowest BCUT2D eigenvalue weighted by atomic mass is 10.1. The van der Waals surface area contributed by atoms with Gasteiger partial charge in [0.25, 0.3) is 5.91 Å². The minimum absolute atomic E-state index is 0.355. The minimum Gasteiger partial charge on any atom is -0.457 e. The molecule has 0 aliphatic heterocycles. The molecule has 6 nitrogen and oxygen atoms in total. The number of hydrogen-bond acceptors (Lipinski definition) is 4. The molecule has 4 aromatic rings. The summed E-state index contributed by atoms with van der Waals surface area (Å²) < 4.78 is 7.65. The fraction of sp³-hybridized carbons (Fsp3) is 0. The van der Waals surface area contributed by atoms with Crippen LogP contribution >= 0.6 is 0 Å². The first kappa shape index (κ1) is 18.2. The average molecular weight is 383 g/mol. The number of amides is 1. The van der Waals surface area contributed by atoms with Gasteiger partial charge in [-0.2, -0.15) is 0 Å². The van der Waals surface area contributed by atoms with Crippen molar-refractivity contribution in [2.24, 2.45) is 0 Å². The van der Waals surface area contributed by atoms with E-state index in [0.29, 0.717) is 34.6 Å². The Bertz CT molecular complexity index is 1140. The van der Waals surface area contributed by atoms with Crippen LogP contribution in [0.2, 0.25) is 0 Å². The van der Waals surface area contributed by atoms with Crippen molar-refractivity contribution in [3.05, 3.63) is 103 Å². The van der Waals surface area contributed by atoms with Crippen LogP contribution < -0.4 is 10.1 Å². The van der Waals surface area contributed by atoms with E-state index >= 15 is 0 Å². The summed E-state index contributed by atoms with van der Waals surface area (Å²) in [6, 6.07) is 19.7. The lowest BCUT2D eigenvalue weighted by Gasteiger charge is -2.12. The van der Waals surface area contributed by atoms with Gasteiger partial charge in [-0.25, -0.2) is 0 Å². The SMILES string of the molecule is O=Cc1ccc(Oc2ccccc2)cc1NC(=O)c1cncc(-n2cccc2)c1. The van der Waals surface area contributed by atoms with Gasteiger partial charge in [0.2, 0.25) is 0 Å². The Hall–Kier alpha value is -4.19. The van der Waals surface area contributed by atoms with Crippen LogP contribution in [-0.4, -0.2) is 21.7 Å². The molecule has 0 unspecified atom stereocenters. The predicted molar refractivity (Wildman–Crippen MR) is 110 cm³/mol. The number of benzene rings is 2. The van der Waals surface area contributed by atoms with Crippen molar-refractivity contribution in [1.82, 2.24) is 9.55 Å². The van der Waals surface area contributed by atoms with Crippen LogP contribution in [0.1, 0.15) is 20.7 Å². The molecule has 0 spiro atoms. The molecule has 0 aliphatic rings. The molecule has 0 aliphatic carbocycles. The Labute approximate surface area is 167 Å². The summed E-state index contributed by atoms with van der Waals surface area (Å²) in [6.45, 7) is 0. The number of ether oxygens (including phenoxy) is 1. The van der Waals surface area contributed by atoms with E-state index < -0.39 is 0 Å². The van der Waals surface area contributed by atoms with Crippen LogP contribution in [0.3, 0.4) is 0 Å². The normalized spacial score (nSPS) is 10.3. The third-order valence-corrected chi connectivity index (χ3v) is 4.27.